The van der Waals surface area contributed by atoms with Crippen LogP contribution in [0.25, 0.3) is 0 Å². The lowest BCUT2D eigenvalue weighted by Gasteiger charge is -2.10. The van der Waals surface area contributed by atoms with Gasteiger partial charge in [-0.15, -0.1) is 0 Å². The summed E-state index contributed by atoms with van der Waals surface area (Å²) in [4.78, 5) is 8.87. The van der Waals surface area contributed by atoms with Crippen LogP contribution in [-0.4, -0.2) is 16.5 Å². The van der Waals surface area contributed by atoms with Gasteiger partial charge in [-0.3, -0.25) is 0 Å². The third-order valence-electron chi connectivity index (χ3n) is 3.21. The normalized spacial score (nSPS) is 10.4. The van der Waals surface area contributed by atoms with Crippen molar-refractivity contribution in [2.75, 3.05) is 17.2 Å². The molecule has 1 aromatic heterocycles. The highest BCUT2D eigenvalue weighted by molar-refractivity contribution is 5.59. The SMILES string of the molecule is CCCCCNc1cc(Nc2cccc(C)c2)nc(C)n1. The summed E-state index contributed by atoms with van der Waals surface area (Å²) >= 11 is 0. The minimum atomic E-state index is 0.769. The number of benzene rings is 1. The number of nitrogens with one attached hydrogen (secondary N) is 2. The van der Waals surface area contributed by atoms with E-state index in [-0.39, 0.29) is 0 Å². The van der Waals surface area contributed by atoms with Crippen LogP contribution in [-0.2, 0) is 0 Å². The van der Waals surface area contributed by atoms with Gasteiger partial charge >= 0.3 is 0 Å². The van der Waals surface area contributed by atoms with Gasteiger partial charge < -0.3 is 10.6 Å². The Kier molecular flexibility index (Phi) is 5.55. The van der Waals surface area contributed by atoms with E-state index in [1.165, 1.54) is 24.8 Å². The summed E-state index contributed by atoms with van der Waals surface area (Å²) in [6, 6.07) is 10.2. The number of hydrogen-bond donors (Lipinski definition) is 2. The summed E-state index contributed by atoms with van der Waals surface area (Å²) in [6.45, 7) is 7.16. The van der Waals surface area contributed by atoms with Gasteiger partial charge in [-0.2, -0.15) is 0 Å². The third-order valence-corrected chi connectivity index (χ3v) is 3.21. The minimum absolute atomic E-state index is 0.769. The summed E-state index contributed by atoms with van der Waals surface area (Å²) in [6.07, 6.45) is 3.64. The van der Waals surface area contributed by atoms with Gasteiger partial charge in [-0.05, 0) is 38.0 Å². The molecule has 0 aliphatic heterocycles. The molecule has 1 heterocycles. The zero-order chi connectivity index (χ0) is 15.1. The van der Waals surface area contributed by atoms with E-state index in [1.54, 1.807) is 0 Å². The molecule has 0 spiro atoms. The molecule has 0 saturated heterocycles. The lowest BCUT2D eigenvalue weighted by molar-refractivity contribution is 0.742. The number of aryl methyl sites for hydroxylation is 2. The molecule has 0 radical (unpaired) electrons. The van der Waals surface area contributed by atoms with Gasteiger partial charge in [0.2, 0.25) is 0 Å². The molecule has 0 saturated carbocycles. The van der Waals surface area contributed by atoms with Crippen molar-refractivity contribution in [2.45, 2.75) is 40.0 Å². The van der Waals surface area contributed by atoms with Crippen molar-refractivity contribution in [3.8, 4) is 0 Å². The van der Waals surface area contributed by atoms with E-state index in [1.807, 2.05) is 25.1 Å². The number of aromatic nitrogens is 2. The Morgan fingerprint density at radius 3 is 2.57 bits per heavy atom. The molecule has 1 aromatic carbocycles. The van der Waals surface area contributed by atoms with Crippen molar-refractivity contribution in [3.05, 3.63) is 41.7 Å². The lowest BCUT2D eigenvalue weighted by Crippen LogP contribution is -2.06. The lowest BCUT2D eigenvalue weighted by atomic mass is 10.2. The average Bonchev–Trinajstić information content (AvgIpc) is 2.43. The summed E-state index contributed by atoms with van der Waals surface area (Å²) in [5, 5.41) is 6.70. The highest BCUT2D eigenvalue weighted by Crippen LogP contribution is 2.18. The third kappa shape index (κ3) is 5.06. The summed E-state index contributed by atoms with van der Waals surface area (Å²) in [5.74, 6) is 2.48. The first kappa shape index (κ1) is 15.3. The van der Waals surface area contributed by atoms with Crippen molar-refractivity contribution in [1.82, 2.24) is 9.97 Å². The van der Waals surface area contributed by atoms with Gasteiger partial charge in [0.25, 0.3) is 0 Å². The molecule has 0 amide bonds. The van der Waals surface area contributed by atoms with Crippen molar-refractivity contribution >= 4 is 17.3 Å². The number of anilines is 3. The molecule has 0 fully saturated rings. The summed E-state index contributed by atoms with van der Waals surface area (Å²) in [7, 11) is 0. The van der Waals surface area contributed by atoms with E-state index in [2.05, 4.69) is 46.6 Å². The number of hydrogen-bond acceptors (Lipinski definition) is 4. The van der Waals surface area contributed by atoms with E-state index >= 15 is 0 Å². The van der Waals surface area contributed by atoms with Crippen molar-refractivity contribution in [1.29, 1.82) is 0 Å². The van der Waals surface area contributed by atoms with Gasteiger partial charge in [0.1, 0.15) is 17.5 Å². The molecule has 112 valence electrons. The van der Waals surface area contributed by atoms with Crippen LogP contribution in [0.1, 0.15) is 37.6 Å². The quantitative estimate of drug-likeness (QED) is 0.738. The minimum Gasteiger partial charge on any atom is -0.370 e. The van der Waals surface area contributed by atoms with E-state index in [0.29, 0.717) is 0 Å². The second-order valence-electron chi connectivity index (χ2n) is 5.31. The topological polar surface area (TPSA) is 49.8 Å². The first-order valence-corrected chi connectivity index (χ1v) is 7.60. The van der Waals surface area contributed by atoms with Crippen LogP contribution in [0, 0.1) is 13.8 Å². The molecule has 0 aliphatic carbocycles. The van der Waals surface area contributed by atoms with Crippen LogP contribution in [0.15, 0.2) is 30.3 Å². The van der Waals surface area contributed by atoms with E-state index in [9.17, 15) is 0 Å². The molecule has 0 atom stereocenters. The van der Waals surface area contributed by atoms with Crippen LogP contribution < -0.4 is 10.6 Å². The van der Waals surface area contributed by atoms with E-state index in [0.717, 1.165) is 29.7 Å². The molecule has 4 heteroatoms. The van der Waals surface area contributed by atoms with Crippen LogP contribution in [0.3, 0.4) is 0 Å². The van der Waals surface area contributed by atoms with Crippen LogP contribution in [0.5, 0.6) is 0 Å². The fraction of sp³-hybridized carbons (Fsp3) is 0.412. The maximum atomic E-state index is 4.44. The fourth-order valence-electron chi connectivity index (χ4n) is 2.18. The largest absolute Gasteiger partial charge is 0.370 e. The smallest absolute Gasteiger partial charge is 0.136 e. The number of unbranched alkanes of at least 4 members (excludes halogenated alkanes) is 2. The number of rotatable bonds is 7. The highest BCUT2D eigenvalue weighted by atomic mass is 15.1. The molecule has 0 unspecified atom stereocenters. The Bertz CT molecular complexity index is 581. The predicted octanol–water partition coefficient (Wildman–Crippen LogP) is 4.44. The van der Waals surface area contributed by atoms with Crippen molar-refractivity contribution < 1.29 is 0 Å². The molecule has 0 aliphatic rings. The maximum Gasteiger partial charge on any atom is 0.136 e. The second-order valence-corrected chi connectivity index (χ2v) is 5.31. The predicted molar refractivity (Wildman–Crippen MR) is 89.2 cm³/mol. The fourth-order valence-corrected chi connectivity index (χ4v) is 2.18. The molecular weight excluding hydrogens is 260 g/mol. The average molecular weight is 284 g/mol. The highest BCUT2D eigenvalue weighted by Gasteiger charge is 2.02. The van der Waals surface area contributed by atoms with Crippen molar-refractivity contribution in [2.24, 2.45) is 0 Å². The molecule has 4 nitrogen and oxygen atoms in total. The van der Waals surface area contributed by atoms with Crippen molar-refractivity contribution in [3.63, 3.8) is 0 Å². The van der Waals surface area contributed by atoms with Gasteiger partial charge in [0.05, 0.1) is 0 Å². The zero-order valence-corrected chi connectivity index (χ0v) is 13.1. The van der Waals surface area contributed by atoms with E-state index in [4.69, 9.17) is 0 Å². The maximum absolute atomic E-state index is 4.44. The van der Waals surface area contributed by atoms with E-state index < -0.39 is 0 Å². The summed E-state index contributed by atoms with van der Waals surface area (Å²) in [5.41, 5.74) is 2.27. The van der Waals surface area contributed by atoms with Crippen LogP contribution >= 0.6 is 0 Å². The molecular formula is C17H24N4. The Morgan fingerprint density at radius 1 is 1.00 bits per heavy atom. The zero-order valence-electron chi connectivity index (χ0n) is 13.1. The van der Waals surface area contributed by atoms with Gasteiger partial charge in [0.15, 0.2) is 0 Å². The Morgan fingerprint density at radius 2 is 1.81 bits per heavy atom. The molecule has 0 bridgehead atoms. The van der Waals surface area contributed by atoms with Gasteiger partial charge in [-0.1, -0.05) is 31.9 Å². The molecule has 21 heavy (non-hydrogen) atoms. The van der Waals surface area contributed by atoms with Crippen LogP contribution in [0.2, 0.25) is 0 Å². The molecule has 2 N–H and O–H groups in total. The first-order valence-electron chi connectivity index (χ1n) is 7.60. The number of nitrogens with zero attached hydrogens (tertiary/aromatic N) is 2. The Labute approximate surface area is 127 Å². The Hall–Kier alpha value is -2.10. The monoisotopic (exact) mass is 284 g/mol. The summed E-state index contributed by atoms with van der Waals surface area (Å²) < 4.78 is 0. The standard InChI is InChI=1S/C17H24N4/c1-4-5-6-10-18-16-12-17(20-14(3)19-16)21-15-9-7-8-13(2)11-15/h7-9,11-12H,4-6,10H2,1-3H3,(H2,18,19,20,21). The van der Waals surface area contributed by atoms with Gasteiger partial charge in [-0.25, -0.2) is 9.97 Å². The van der Waals surface area contributed by atoms with Gasteiger partial charge in [0, 0.05) is 18.3 Å². The molecule has 2 rings (SSSR count). The second kappa shape index (κ2) is 7.62. The molecule has 2 aromatic rings. The Balaban J connectivity index is 2.04. The first-order chi connectivity index (χ1) is 10.2. The van der Waals surface area contributed by atoms with Crippen LogP contribution in [0.4, 0.5) is 17.3 Å².